The molecule has 0 spiro atoms. The third kappa shape index (κ3) is 4.28. The molecule has 0 unspecified atom stereocenters. The quantitative estimate of drug-likeness (QED) is 0.678. The molecule has 4 rings (SSSR count). The minimum atomic E-state index is -0.425. The molecule has 2 N–H and O–H groups in total. The van der Waals surface area contributed by atoms with Gasteiger partial charge in [-0.25, -0.2) is 9.37 Å². The molecule has 0 radical (unpaired) electrons. The fourth-order valence-corrected chi connectivity index (χ4v) is 3.79. The van der Waals surface area contributed by atoms with Gasteiger partial charge in [0.15, 0.2) is 0 Å². The first-order chi connectivity index (χ1) is 13.6. The molecule has 28 heavy (non-hydrogen) atoms. The van der Waals surface area contributed by atoms with Crippen LogP contribution in [0.4, 0.5) is 4.39 Å². The zero-order valence-electron chi connectivity index (χ0n) is 16.0. The first-order valence-corrected chi connectivity index (χ1v) is 9.70. The summed E-state index contributed by atoms with van der Waals surface area (Å²) in [5, 5.41) is 3.58. The summed E-state index contributed by atoms with van der Waals surface area (Å²) in [7, 11) is 0. The number of hydrogen-bond donors (Lipinski definition) is 2. The van der Waals surface area contributed by atoms with Crippen LogP contribution >= 0.6 is 0 Å². The summed E-state index contributed by atoms with van der Waals surface area (Å²) in [5.41, 5.74) is 2.18. The molecule has 0 aliphatic carbocycles. The summed E-state index contributed by atoms with van der Waals surface area (Å²) < 4.78 is 15.2. The van der Waals surface area contributed by atoms with E-state index in [9.17, 15) is 9.18 Å². The van der Waals surface area contributed by atoms with Gasteiger partial charge in [-0.3, -0.25) is 9.78 Å². The van der Waals surface area contributed by atoms with Gasteiger partial charge >= 0.3 is 0 Å². The lowest BCUT2D eigenvalue weighted by Gasteiger charge is -2.32. The Balaban J connectivity index is 1.31. The molecule has 4 heterocycles. The third-order valence-corrected chi connectivity index (χ3v) is 5.37. The zero-order valence-corrected chi connectivity index (χ0v) is 16.0. The first kappa shape index (κ1) is 18.8. The van der Waals surface area contributed by atoms with Gasteiger partial charge in [0.05, 0.1) is 17.2 Å². The molecule has 0 aromatic carbocycles. The number of piperidine rings is 1. The Morgan fingerprint density at radius 2 is 2.04 bits per heavy atom. The Labute approximate surface area is 162 Å². The van der Waals surface area contributed by atoms with Crippen molar-refractivity contribution in [3.05, 3.63) is 58.3 Å². The Morgan fingerprint density at radius 1 is 1.21 bits per heavy atom. The second-order valence-electron chi connectivity index (χ2n) is 7.37. The Morgan fingerprint density at radius 3 is 2.79 bits per heavy atom. The fraction of sp³-hybridized carbons (Fsp3) is 0.450. The Kier molecular flexibility index (Phi) is 5.50. The van der Waals surface area contributed by atoms with Gasteiger partial charge in [-0.05, 0) is 38.9 Å². The zero-order chi connectivity index (χ0) is 19.5. The van der Waals surface area contributed by atoms with Crippen LogP contribution in [0.3, 0.4) is 0 Å². The number of halogens is 1. The second kappa shape index (κ2) is 8.20. The van der Waals surface area contributed by atoms with E-state index in [0.717, 1.165) is 50.5 Å². The highest BCUT2D eigenvalue weighted by molar-refractivity contribution is 5.74. The lowest BCUT2D eigenvalue weighted by molar-refractivity contribution is 0.191. The minimum Gasteiger partial charge on any atom is -0.345 e. The Hall–Kier alpha value is -2.58. The van der Waals surface area contributed by atoms with Crippen molar-refractivity contribution in [2.75, 3.05) is 19.6 Å². The maximum atomic E-state index is 13.6. The summed E-state index contributed by atoms with van der Waals surface area (Å²) in [4.78, 5) is 26.2. The van der Waals surface area contributed by atoms with Gasteiger partial charge in [0, 0.05) is 49.7 Å². The van der Waals surface area contributed by atoms with Crippen molar-refractivity contribution in [1.82, 2.24) is 29.7 Å². The molecule has 7 nitrogen and oxygen atoms in total. The molecule has 1 aliphatic rings. The van der Waals surface area contributed by atoms with Crippen LogP contribution in [0.2, 0.25) is 0 Å². The van der Waals surface area contributed by atoms with Crippen LogP contribution in [0.15, 0.2) is 35.4 Å². The largest absolute Gasteiger partial charge is 0.345 e. The number of H-pyrrole nitrogens is 1. The van der Waals surface area contributed by atoms with Gasteiger partial charge in [0.25, 0.3) is 5.56 Å². The monoisotopic (exact) mass is 384 g/mol. The molecular weight excluding hydrogens is 359 g/mol. The van der Waals surface area contributed by atoms with Crippen molar-refractivity contribution in [1.29, 1.82) is 0 Å². The van der Waals surface area contributed by atoms with Crippen LogP contribution in [-0.4, -0.2) is 50.1 Å². The minimum absolute atomic E-state index is 0.119. The van der Waals surface area contributed by atoms with Gasteiger partial charge in [0.2, 0.25) is 0 Å². The highest BCUT2D eigenvalue weighted by atomic mass is 19.1. The van der Waals surface area contributed by atoms with E-state index < -0.39 is 5.82 Å². The lowest BCUT2D eigenvalue weighted by Crippen LogP contribution is -2.43. The van der Waals surface area contributed by atoms with Crippen LogP contribution in [0.5, 0.6) is 0 Å². The van der Waals surface area contributed by atoms with Crippen molar-refractivity contribution in [3.8, 4) is 0 Å². The predicted molar refractivity (Wildman–Crippen MR) is 106 cm³/mol. The van der Waals surface area contributed by atoms with E-state index in [1.807, 2.05) is 13.1 Å². The standard InChI is InChI=1S/C20H25FN6O/c1-14-22-12-17(25-14)13-23-16-4-6-26(7-5-16)8-9-27-19-10-15(21)11-24-18(19)2-3-20(27)28/h2-3,10-12,16,23H,4-9,13H2,1H3,(H,22,25). The summed E-state index contributed by atoms with van der Waals surface area (Å²) in [6.07, 6.45) is 5.18. The first-order valence-electron chi connectivity index (χ1n) is 9.70. The highest BCUT2D eigenvalue weighted by Crippen LogP contribution is 2.13. The molecule has 0 bridgehead atoms. The van der Waals surface area contributed by atoms with Gasteiger partial charge in [-0.2, -0.15) is 0 Å². The molecule has 3 aromatic heterocycles. The molecule has 1 fully saturated rings. The molecule has 0 saturated carbocycles. The van der Waals surface area contributed by atoms with E-state index in [0.29, 0.717) is 23.6 Å². The number of fused-ring (bicyclic) bond motifs is 1. The van der Waals surface area contributed by atoms with Gasteiger partial charge < -0.3 is 19.8 Å². The normalized spacial score (nSPS) is 16.1. The highest BCUT2D eigenvalue weighted by Gasteiger charge is 2.19. The van der Waals surface area contributed by atoms with Crippen LogP contribution in [0.1, 0.15) is 24.4 Å². The van der Waals surface area contributed by atoms with E-state index in [1.54, 1.807) is 10.6 Å². The molecule has 0 atom stereocenters. The number of hydrogen-bond acceptors (Lipinski definition) is 5. The van der Waals surface area contributed by atoms with Gasteiger partial charge in [0.1, 0.15) is 11.6 Å². The Bertz CT molecular complexity index is 1010. The third-order valence-electron chi connectivity index (χ3n) is 5.37. The van der Waals surface area contributed by atoms with Crippen molar-refractivity contribution in [2.45, 2.75) is 38.9 Å². The predicted octanol–water partition coefficient (Wildman–Crippen LogP) is 1.82. The van der Waals surface area contributed by atoms with Crippen molar-refractivity contribution in [2.24, 2.45) is 0 Å². The molecule has 1 aliphatic heterocycles. The molecule has 3 aromatic rings. The summed E-state index contributed by atoms with van der Waals surface area (Å²) in [5.74, 6) is 0.511. The molecular formula is C20H25FN6O. The number of aromatic nitrogens is 4. The molecule has 8 heteroatoms. The number of pyridine rings is 2. The van der Waals surface area contributed by atoms with Crippen molar-refractivity contribution >= 4 is 11.0 Å². The van der Waals surface area contributed by atoms with Gasteiger partial charge in [-0.1, -0.05) is 0 Å². The maximum Gasteiger partial charge on any atom is 0.251 e. The number of imidazole rings is 1. The number of likely N-dealkylation sites (tertiary alicyclic amines) is 1. The molecule has 148 valence electrons. The van der Waals surface area contributed by atoms with E-state index >= 15 is 0 Å². The number of aromatic amines is 1. The van der Waals surface area contributed by atoms with E-state index in [-0.39, 0.29) is 5.56 Å². The maximum absolute atomic E-state index is 13.6. The second-order valence-corrected chi connectivity index (χ2v) is 7.37. The summed E-state index contributed by atoms with van der Waals surface area (Å²) in [6, 6.07) is 5.02. The van der Waals surface area contributed by atoms with Crippen LogP contribution in [-0.2, 0) is 13.1 Å². The number of nitrogens with one attached hydrogen (secondary N) is 2. The van der Waals surface area contributed by atoms with Gasteiger partial charge in [-0.15, -0.1) is 0 Å². The number of rotatable bonds is 6. The topological polar surface area (TPSA) is 78.8 Å². The molecule has 1 saturated heterocycles. The number of aryl methyl sites for hydroxylation is 1. The van der Waals surface area contributed by atoms with E-state index in [4.69, 9.17) is 0 Å². The fourth-order valence-electron chi connectivity index (χ4n) is 3.79. The molecule has 0 amide bonds. The van der Waals surface area contributed by atoms with Crippen molar-refractivity contribution in [3.63, 3.8) is 0 Å². The average Bonchev–Trinajstić information content (AvgIpc) is 3.12. The van der Waals surface area contributed by atoms with Crippen LogP contribution in [0.25, 0.3) is 11.0 Å². The van der Waals surface area contributed by atoms with Crippen molar-refractivity contribution < 1.29 is 4.39 Å². The lowest BCUT2D eigenvalue weighted by atomic mass is 10.1. The SMILES string of the molecule is Cc1ncc(CNC2CCN(CCn3c(=O)ccc4ncc(F)cc43)CC2)[nH]1. The van der Waals surface area contributed by atoms with Crippen LogP contribution < -0.4 is 10.9 Å². The smallest absolute Gasteiger partial charge is 0.251 e. The summed E-state index contributed by atoms with van der Waals surface area (Å²) in [6.45, 7) is 6.01. The summed E-state index contributed by atoms with van der Waals surface area (Å²) >= 11 is 0. The van der Waals surface area contributed by atoms with Crippen LogP contribution in [0, 0.1) is 12.7 Å². The number of nitrogens with zero attached hydrogens (tertiary/aromatic N) is 4. The van der Waals surface area contributed by atoms with E-state index in [1.165, 1.54) is 18.3 Å². The average molecular weight is 384 g/mol. The van der Waals surface area contributed by atoms with E-state index in [2.05, 4.69) is 25.2 Å².